The number of alkyl halides is 2. The lowest BCUT2D eigenvalue weighted by Crippen LogP contribution is -2.22. The Kier molecular flexibility index (Phi) is 6.46. The van der Waals surface area contributed by atoms with Gasteiger partial charge in [0.1, 0.15) is 5.75 Å². The highest BCUT2D eigenvalue weighted by Gasteiger charge is 2.34. The van der Waals surface area contributed by atoms with Crippen LogP contribution in [0.5, 0.6) is 5.75 Å². The molecule has 0 bridgehead atoms. The van der Waals surface area contributed by atoms with Crippen molar-refractivity contribution in [2.45, 2.75) is 51.1 Å². The number of halogens is 2. The molecule has 2 nitrogen and oxygen atoms in total. The fourth-order valence-electron chi connectivity index (χ4n) is 3.81. The molecule has 28 heavy (non-hydrogen) atoms. The molecule has 0 aliphatic heterocycles. The van der Waals surface area contributed by atoms with Crippen LogP contribution in [0.3, 0.4) is 0 Å². The van der Waals surface area contributed by atoms with Crippen LogP contribution in [-0.4, -0.2) is 0 Å². The van der Waals surface area contributed by atoms with Gasteiger partial charge in [-0.15, -0.1) is 0 Å². The van der Waals surface area contributed by atoms with Crippen molar-refractivity contribution >= 4 is 0 Å². The molecule has 3 rings (SSSR count). The standard InChI is InChI=1S/C24H25F2NO/c1-2-3-4-18-5-9-20(10-6-18)21-11-13-22(14-12-21)24(25,26)28-23-15-7-19(17-27)8-16-23/h2-3,7-8,11-16,18,20H,4-6,9-10H2,1H3/t18-,20-. The normalized spacial score (nSPS) is 20.1. The first-order valence-corrected chi connectivity index (χ1v) is 9.80. The van der Waals surface area contributed by atoms with E-state index < -0.39 is 6.11 Å². The quantitative estimate of drug-likeness (QED) is 0.508. The summed E-state index contributed by atoms with van der Waals surface area (Å²) in [7, 11) is 0. The lowest BCUT2D eigenvalue weighted by Gasteiger charge is -2.28. The van der Waals surface area contributed by atoms with Gasteiger partial charge in [-0.1, -0.05) is 24.3 Å². The second kappa shape index (κ2) is 9.01. The SMILES string of the molecule is CC=CC[C@H]1CC[C@H](c2ccc(C(F)(F)Oc3ccc(C#N)cc3)cc2)CC1. The molecule has 1 fully saturated rings. The number of nitrogens with zero attached hydrogens (tertiary/aromatic N) is 1. The Morgan fingerprint density at radius 3 is 2.25 bits per heavy atom. The molecule has 1 aliphatic carbocycles. The molecular weight excluding hydrogens is 356 g/mol. The average molecular weight is 381 g/mol. The molecule has 0 atom stereocenters. The van der Waals surface area contributed by atoms with E-state index >= 15 is 0 Å². The van der Waals surface area contributed by atoms with Crippen molar-refractivity contribution in [3.8, 4) is 11.8 Å². The molecule has 1 aliphatic rings. The summed E-state index contributed by atoms with van der Waals surface area (Å²) in [5.74, 6) is 1.23. The van der Waals surface area contributed by atoms with E-state index in [2.05, 4.69) is 12.2 Å². The Bertz CT molecular complexity index is 826. The van der Waals surface area contributed by atoms with Crippen LogP contribution in [-0.2, 0) is 6.11 Å². The molecule has 0 spiro atoms. The number of hydrogen-bond donors (Lipinski definition) is 0. The van der Waals surface area contributed by atoms with Crippen LogP contribution < -0.4 is 4.74 Å². The summed E-state index contributed by atoms with van der Waals surface area (Å²) < 4.78 is 33.8. The van der Waals surface area contributed by atoms with E-state index in [0.29, 0.717) is 11.5 Å². The summed E-state index contributed by atoms with van der Waals surface area (Å²) in [5, 5.41) is 8.78. The first-order valence-electron chi connectivity index (χ1n) is 9.80. The van der Waals surface area contributed by atoms with E-state index in [1.54, 1.807) is 0 Å². The van der Waals surface area contributed by atoms with Crippen molar-refractivity contribution < 1.29 is 13.5 Å². The molecule has 0 aromatic heterocycles. The van der Waals surface area contributed by atoms with E-state index in [-0.39, 0.29) is 11.3 Å². The number of ether oxygens (including phenoxy) is 1. The first kappa shape index (κ1) is 20.1. The predicted molar refractivity (Wildman–Crippen MR) is 106 cm³/mol. The van der Waals surface area contributed by atoms with Gasteiger partial charge in [-0.2, -0.15) is 14.0 Å². The Labute approximate surface area is 165 Å². The minimum Gasteiger partial charge on any atom is -0.429 e. The van der Waals surface area contributed by atoms with Crippen LogP contribution in [0.25, 0.3) is 0 Å². The molecule has 0 radical (unpaired) electrons. The Morgan fingerprint density at radius 2 is 1.68 bits per heavy atom. The summed E-state index contributed by atoms with van der Waals surface area (Å²) in [4.78, 5) is 0. The van der Waals surface area contributed by atoms with Gasteiger partial charge in [-0.05, 0) is 92.8 Å². The van der Waals surface area contributed by atoms with Crippen molar-refractivity contribution in [3.05, 3.63) is 77.4 Å². The maximum atomic E-state index is 14.5. The minimum absolute atomic E-state index is 0.0347. The summed E-state index contributed by atoms with van der Waals surface area (Å²) in [6, 6.07) is 14.2. The van der Waals surface area contributed by atoms with Crippen molar-refractivity contribution in [2.75, 3.05) is 0 Å². The Morgan fingerprint density at radius 1 is 1.04 bits per heavy atom. The van der Waals surface area contributed by atoms with Crippen LogP contribution in [0, 0.1) is 17.2 Å². The van der Waals surface area contributed by atoms with Crippen molar-refractivity contribution in [2.24, 2.45) is 5.92 Å². The molecule has 0 amide bonds. The van der Waals surface area contributed by atoms with Gasteiger partial charge in [0.25, 0.3) is 0 Å². The maximum Gasteiger partial charge on any atom is 0.426 e. The van der Waals surface area contributed by atoms with Crippen molar-refractivity contribution in [1.82, 2.24) is 0 Å². The molecule has 0 N–H and O–H groups in total. The Hall–Kier alpha value is -2.67. The number of hydrogen-bond acceptors (Lipinski definition) is 2. The third-order valence-electron chi connectivity index (χ3n) is 5.50. The smallest absolute Gasteiger partial charge is 0.426 e. The molecule has 2 aromatic rings. The summed E-state index contributed by atoms with van der Waals surface area (Å²) in [6.07, 6.45) is 6.65. The number of benzene rings is 2. The van der Waals surface area contributed by atoms with Crippen molar-refractivity contribution in [3.63, 3.8) is 0 Å². The monoisotopic (exact) mass is 381 g/mol. The highest BCUT2D eigenvalue weighted by molar-refractivity contribution is 5.35. The van der Waals surface area contributed by atoms with Gasteiger partial charge in [-0.25, -0.2) is 0 Å². The zero-order chi connectivity index (χ0) is 20.0. The highest BCUT2D eigenvalue weighted by atomic mass is 19.3. The van der Waals surface area contributed by atoms with E-state index in [1.807, 2.05) is 25.1 Å². The highest BCUT2D eigenvalue weighted by Crippen LogP contribution is 2.38. The van der Waals surface area contributed by atoms with E-state index in [9.17, 15) is 8.78 Å². The molecule has 146 valence electrons. The zero-order valence-electron chi connectivity index (χ0n) is 16.1. The second-order valence-electron chi connectivity index (χ2n) is 7.40. The fourth-order valence-corrected chi connectivity index (χ4v) is 3.81. The van der Waals surface area contributed by atoms with Gasteiger partial charge in [0.15, 0.2) is 0 Å². The average Bonchev–Trinajstić information content (AvgIpc) is 2.73. The van der Waals surface area contributed by atoms with Crippen LogP contribution in [0.4, 0.5) is 8.78 Å². The molecule has 2 aromatic carbocycles. The first-order chi connectivity index (χ1) is 13.5. The molecule has 0 unspecified atom stereocenters. The molecule has 0 heterocycles. The van der Waals surface area contributed by atoms with Gasteiger partial charge < -0.3 is 4.74 Å². The van der Waals surface area contributed by atoms with E-state index in [1.165, 1.54) is 49.2 Å². The largest absolute Gasteiger partial charge is 0.429 e. The van der Waals surface area contributed by atoms with Gasteiger partial charge in [-0.3, -0.25) is 0 Å². The fraction of sp³-hybridized carbons (Fsp3) is 0.375. The van der Waals surface area contributed by atoms with Crippen LogP contribution in [0.15, 0.2) is 60.7 Å². The van der Waals surface area contributed by atoms with E-state index in [0.717, 1.165) is 30.7 Å². The van der Waals surface area contributed by atoms with E-state index in [4.69, 9.17) is 10.00 Å². The van der Waals surface area contributed by atoms with Crippen molar-refractivity contribution in [1.29, 1.82) is 5.26 Å². The Balaban J connectivity index is 1.62. The summed E-state index contributed by atoms with van der Waals surface area (Å²) in [6.45, 7) is 2.05. The molecule has 1 saturated carbocycles. The van der Waals surface area contributed by atoms with Crippen LogP contribution >= 0.6 is 0 Å². The van der Waals surface area contributed by atoms with Gasteiger partial charge in [0.2, 0.25) is 0 Å². The predicted octanol–water partition coefficient (Wildman–Crippen LogP) is 6.93. The third kappa shape index (κ3) is 4.98. The molecule has 0 saturated heterocycles. The van der Waals surface area contributed by atoms with Gasteiger partial charge >= 0.3 is 6.11 Å². The summed E-state index contributed by atoms with van der Waals surface area (Å²) in [5.41, 5.74) is 1.37. The lowest BCUT2D eigenvalue weighted by atomic mass is 9.77. The minimum atomic E-state index is -3.42. The van der Waals surface area contributed by atoms with Crippen LogP contribution in [0.1, 0.15) is 61.6 Å². The number of nitriles is 1. The molecule has 4 heteroatoms. The molecular formula is C24H25F2NO. The number of allylic oxidation sites excluding steroid dienone is 2. The van der Waals surface area contributed by atoms with Crippen LogP contribution in [0.2, 0.25) is 0 Å². The lowest BCUT2D eigenvalue weighted by molar-refractivity contribution is -0.185. The zero-order valence-corrected chi connectivity index (χ0v) is 16.1. The number of rotatable bonds is 6. The van der Waals surface area contributed by atoms with Gasteiger partial charge in [0.05, 0.1) is 17.2 Å². The maximum absolute atomic E-state index is 14.5. The summed E-state index contributed by atoms with van der Waals surface area (Å²) >= 11 is 0. The topological polar surface area (TPSA) is 33.0 Å². The third-order valence-corrected chi connectivity index (χ3v) is 5.50. The van der Waals surface area contributed by atoms with Gasteiger partial charge in [0, 0.05) is 0 Å². The second-order valence-corrected chi connectivity index (χ2v) is 7.40.